The molecule has 1 aromatic heterocycles. The number of nitrogens with zero attached hydrogens (tertiary/aromatic N) is 2. The molecule has 5 heteroatoms. The van der Waals surface area contributed by atoms with Crippen LogP contribution in [0.5, 0.6) is 5.75 Å². The Morgan fingerprint density at radius 3 is 2.94 bits per heavy atom. The first-order valence-corrected chi connectivity index (χ1v) is 5.67. The van der Waals surface area contributed by atoms with E-state index in [1.54, 1.807) is 12.4 Å². The lowest BCUT2D eigenvalue weighted by molar-refractivity contribution is -0.137. The van der Waals surface area contributed by atoms with Gasteiger partial charge in [-0.3, -0.25) is 9.48 Å². The number of carbonyl (C=O) groups is 1. The van der Waals surface area contributed by atoms with Crippen LogP contribution in [0.1, 0.15) is 6.92 Å². The monoisotopic (exact) mass is 246 g/mol. The van der Waals surface area contributed by atoms with Crippen molar-refractivity contribution < 1.29 is 14.6 Å². The van der Waals surface area contributed by atoms with Crippen molar-refractivity contribution in [3.05, 3.63) is 36.7 Å². The average Bonchev–Trinajstić information content (AvgIpc) is 2.77. The second-order valence-electron chi connectivity index (χ2n) is 3.75. The van der Waals surface area contributed by atoms with Gasteiger partial charge in [-0.2, -0.15) is 5.10 Å². The molecule has 0 saturated carbocycles. The van der Waals surface area contributed by atoms with E-state index in [1.807, 2.05) is 31.2 Å². The van der Waals surface area contributed by atoms with Crippen molar-refractivity contribution in [2.75, 3.05) is 6.61 Å². The summed E-state index contributed by atoms with van der Waals surface area (Å²) < 4.78 is 6.92. The number of carboxylic acids is 1. The number of hydrogen-bond donors (Lipinski definition) is 1. The highest BCUT2D eigenvalue weighted by Crippen LogP contribution is 2.29. The molecule has 2 rings (SSSR count). The van der Waals surface area contributed by atoms with E-state index in [-0.39, 0.29) is 6.54 Å². The first kappa shape index (κ1) is 12.2. The molecule has 94 valence electrons. The molecule has 2 aromatic rings. The van der Waals surface area contributed by atoms with Crippen LogP contribution >= 0.6 is 0 Å². The highest BCUT2D eigenvalue weighted by Gasteiger charge is 2.08. The zero-order chi connectivity index (χ0) is 13.0. The van der Waals surface area contributed by atoms with Crippen LogP contribution in [0.4, 0.5) is 0 Å². The van der Waals surface area contributed by atoms with Crippen LogP contribution in [0.3, 0.4) is 0 Å². The van der Waals surface area contributed by atoms with Crippen LogP contribution in [0.15, 0.2) is 36.7 Å². The maximum atomic E-state index is 10.6. The Morgan fingerprint density at radius 1 is 1.44 bits per heavy atom. The van der Waals surface area contributed by atoms with Gasteiger partial charge in [-0.05, 0) is 13.0 Å². The Hall–Kier alpha value is -2.30. The number of benzene rings is 1. The Morgan fingerprint density at radius 2 is 2.22 bits per heavy atom. The predicted molar refractivity (Wildman–Crippen MR) is 66.5 cm³/mol. The summed E-state index contributed by atoms with van der Waals surface area (Å²) in [6.45, 7) is 2.36. The smallest absolute Gasteiger partial charge is 0.325 e. The summed E-state index contributed by atoms with van der Waals surface area (Å²) in [6.07, 6.45) is 3.34. The number of para-hydroxylation sites is 1. The predicted octanol–water partition coefficient (Wildman–Crippen LogP) is 2.03. The minimum Gasteiger partial charge on any atom is -0.493 e. The molecular formula is C13H14N2O3. The summed E-state index contributed by atoms with van der Waals surface area (Å²) in [5.74, 6) is -0.141. The van der Waals surface area contributed by atoms with E-state index < -0.39 is 5.97 Å². The van der Waals surface area contributed by atoms with Crippen molar-refractivity contribution in [3.8, 4) is 16.9 Å². The highest BCUT2D eigenvalue weighted by atomic mass is 16.5. The van der Waals surface area contributed by atoms with Crippen LogP contribution in [0.2, 0.25) is 0 Å². The summed E-state index contributed by atoms with van der Waals surface area (Å²) in [5.41, 5.74) is 1.76. The lowest BCUT2D eigenvalue weighted by Gasteiger charge is -2.07. The molecule has 1 heterocycles. The van der Waals surface area contributed by atoms with E-state index in [1.165, 1.54) is 4.68 Å². The van der Waals surface area contributed by atoms with Gasteiger partial charge in [-0.25, -0.2) is 0 Å². The summed E-state index contributed by atoms with van der Waals surface area (Å²) in [6, 6.07) is 7.61. The molecule has 0 amide bonds. The lowest BCUT2D eigenvalue weighted by Crippen LogP contribution is -2.08. The van der Waals surface area contributed by atoms with E-state index in [2.05, 4.69) is 5.10 Å². The molecule has 0 aliphatic rings. The van der Waals surface area contributed by atoms with Gasteiger partial charge in [0.2, 0.25) is 0 Å². The maximum absolute atomic E-state index is 10.6. The highest BCUT2D eigenvalue weighted by molar-refractivity contribution is 5.70. The quantitative estimate of drug-likeness (QED) is 0.876. The number of rotatable bonds is 5. The van der Waals surface area contributed by atoms with Gasteiger partial charge in [0.15, 0.2) is 0 Å². The van der Waals surface area contributed by atoms with Crippen molar-refractivity contribution >= 4 is 5.97 Å². The van der Waals surface area contributed by atoms with Gasteiger partial charge in [0.05, 0.1) is 12.8 Å². The van der Waals surface area contributed by atoms with Crippen molar-refractivity contribution in [2.24, 2.45) is 0 Å². The fraction of sp³-hybridized carbons (Fsp3) is 0.231. The third-order valence-corrected chi connectivity index (χ3v) is 2.43. The van der Waals surface area contributed by atoms with E-state index >= 15 is 0 Å². The molecule has 0 saturated heterocycles. The first-order valence-electron chi connectivity index (χ1n) is 5.67. The fourth-order valence-corrected chi connectivity index (χ4v) is 1.71. The van der Waals surface area contributed by atoms with Gasteiger partial charge in [-0.1, -0.05) is 18.2 Å². The van der Waals surface area contributed by atoms with Crippen molar-refractivity contribution in [1.29, 1.82) is 0 Å². The summed E-state index contributed by atoms with van der Waals surface area (Å²) >= 11 is 0. The Kier molecular flexibility index (Phi) is 3.62. The molecule has 0 radical (unpaired) electrons. The van der Waals surface area contributed by atoms with Gasteiger partial charge in [0, 0.05) is 17.3 Å². The Labute approximate surface area is 105 Å². The van der Waals surface area contributed by atoms with Gasteiger partial charge < -0.3 is 9.84 Å². The summed E-state index contributed by atoms with van der Waals surface area (Å²) in [7, 11) is 0. The molecule has 0 atom stereocenters. The minimum atomic E-state index is -0.914. The SMILES string of the molecule is CCOc1ccccc1-c1cnn(CC(=O)O)c1. The van der Waals surface area contributed by atoms with Crippen molar-refractivity contribution in [2.45, 2.75) is 13.5 Å². The first-order chi connectivity index (χ1) is 8.70. The van der Waals surface area contributed by atoms with Gasteiger partial charge in [0.1, 0.15) is 12.3 Å². The van der Waals surface area contributed by atoms with Crippen molar-refractivity contribution in [1.82, 2.24) is 9.78 Å². The average molecular weight is 246 g/mol. The van der Waals surface area contributed by atoms with Crippen LogP contribution in [-0.2, 0) is 11.3 Å². The Bertz CT molecular complexity index is 549. The maximum Gasteiger partial charge on any atom is 0.325 e. The summed E-state index contributed by atoms with van der Waals surface area (Å²) in [4.78, 5) is 10.6. The number of carboxylic acid groups (broad SMARTS) is 1. The largest absolute Gasteiger partial charge is 0.493 e. The second-order valence-corrected chi connectivity index (χ2v) is 3.75. The minimum absolute atomic E-state index is 0.142. The second kappa shape index (κ2) is 5.35. The number of aliphatic carboxylic acids is 1. The Balaban J connectivity index is 2.30. The van der Waals surface area contributed by atoms with E-state index in [0.29, 0.717) is 6.61 Å². The van der Waals surface area contributed by atoms with Gasteiger partial charge in [0.25, 0.3) is 0 Å². The van der Waals surface area contributed by atoms with E-state index in [9.17, 15) is 4.79 Å². The third kappa shape index (κ3) is 2.68. The normalized spacial score (nSPS) is 10.3. The zero-order valence-electron chi connectivity index (χ0n) is 10.0. The molecular weight excluding hydrogens is 232 g/mol. The summed E-state index contributed by atoms with van der Waals surface area (Å²) in [5, 5.41) is 12.7. The molecule has 0 unspecified atom stereocenters. The number of ether oxygens (including phenoxy) is 1. The van der Waals surface area contributed by atoms with Crippen molar-refractivity contribution in [3.63, 3.8) is 0 Å². The molecule has 5 nitrogen and oxygen atoms in total. The molecule has 18 heavy (non-hydrogen) atoms. The molecule has 1 N–H and O–H groups in total. The molecule has 1 aromatic carbocycles. The molecule has 0 fully saturated rings. The van der Waals surface area contributed by atoms with Gasteiger partial charge in [-0.15, -0.1) is 0 Å². The van der Waals surface area contributed by atoms with Crippen LogP contribution < -0.4 is 4.74 Å². The van der Waals surface area contributed by atoms with Crippen LogP contribution in [0.25, 0.3) is 11.1 Å². The van der Waals surface area contributed by atoms with Gasteiger partial charge >= 0.3 is 5.97 Å². The van der Waals surface area contributed by atoms with Crippen LogP contribution in [0, 0.1) is 0 Å². The molecule has 0 spiro atoms. The van der Waals surface area contributed by atoms with E-state index in [0.717, 1.165) is 16.9 Å². The molecule has 0 bridgehead atoms. The lowest BCUT2D eigenvalue weighted by atomic mass is 10.1. The number of hydrogen-bond acceptors (Lipinski definition) is 3. The third-order valence-electron chi connectivity index (χ3n) is 2.43. The topological polar surface area (TPSA) is 64.4 Å². The number of aromatic nitrogens is 2. The van der Waals surface area contributed by atoms with E-state index in [4.69, 9.17) is 9.84 Å². The van der Waals surface area contributed by atoms with Crippen LogP contribution in [-0.4, -0.2) is 27.5 Å². The fourth-order valence-electron chi connectivity index (χ4n) is 1.71. The standard InChI is InChI=1S/C13H14N2O3/c1-2-18-12-6-4-3-5-11(12)10-7-14-15(8-10)9-13(16)17/h3-8H,2,9H2,1H3,(H,16,17). The molecule has 0 aliphatic carbocycles. The zero-order valence-corrected chi connectivity index (χ0v) is 10.0. The molecule has 0 aliphatic heterocycles.